The van der Waals surface area contributed by atoms with Gasteiger partial charge in [-0.15, -0.1) is 11.8 Å². The van der Waals surface area contributed by atoms with Crippen molar-refractivity contribution in [3.8, 4) is 11.8 Å². The second-order valence-electron chi connectivity index (χ2n) is 4.18. The van der Waals surface area contributed by atoms with Crippen LogP contribution in [-0.4, -0.2) is 17.7 Å². The Morgan fingerprint density at radius 2 is 2.07 bits per heavy atom. The van der Waals surface area contributed by atoms with E-state index in [-0.39, 0.29) is 12.1 Å². The van der Waals surface area contributed by atoms with E-state index >= 15 is 0 Å². The summed E-state index contributed by atoms with van der Waals surface area (Å²) in [6, 6.07) is 0.0253. The number of carbonyl (C=O) groups is 1. The first-order valence-electron chi connectivity index (χ1n) is 4.74. The smallest absolute Gasteiger partial charge is 0.407 e. The zero-order valence-corrected chi connectivity index (χ0v) is 9.60. The van der Waals surface area contributed by atoms with Crippen LogP contribution in [0.1, 0.15) is 41.0 Å². The van der Waals surface area contributed by atoms with E-state index in [2.05, 4.69) is 17.2 Å². The molecule has 0 aromatic carbocycles. The van der Waals surface area contributed by atoms with E-state index in [0.717, 1.165) is 0 Å². The van der Waals surface area contributed by atoms with Gasteiger partial charge in [0.15, 0.2) is 0 Å². The molecule has 1 amide bonds. The van der Waals surface area contributed by atoms with Gasteiger partial charge in [-0.2, -0.15) is 0 Å². The topological polar surface area (TPSA) is 38.3 Å². The van der Waals surface area contributed by atoms with Crippen LogP contribution in [-0.2, 0) is 4.74 Å². The fourth-order valence-electron chi connectivity index (χ4n) is 0.815. The summed E-state index contributed by atoms with van der Waals surface area (Å²) in [7, 11) is 0. The molecule has 0 bridgehead atoms. The van der Waals surface area contributed by atoms with Gasteiger partial charge in [0, 0.05) is 12.5 Å². The normalized spacial score (nSPS) is 12.4. The highest BCUT2D eigenvalue weighted by Crippen LogP contribution is 2.06. The average molecular weight is 197 g/mol. The van der Waals surface area contributed by atoms with Crippen LogP contribution in [0.3, 0.4) is 0 Å². The van der Waals surface area contributed by atoms with Gasteiger partial charge in [0.2, 0.25) is 0 Å². The lowest BCUT2D eigenvalue weighted by molar-refractivity contribution is 0.0509. The molecule has 0 aromatic heterocycles. The van der Waals surface area contributed by atoms with Gasteiger partial charge in [0.25, 0.3) is 0 Å². The fraction of sp³-hybridized carbons (Fsp3) is 0.727. The number of ether oxygens (including phenoxy) is 1. The molecule has 3 nitrogen and oxygen atoms in total. The van der Waals surface area contributed by atoms with Crippen LogP contribution in [0.2, 0.25) is 0 Å². The van der Waals surface area contributed by atoms with Gasteiger partial charge in [-0.3, -0.25) is 0 Å². The summed E-state index contributed by atoms with van der Waals surface area (Å²) < 4.78 is 5.09. The highest BCUT2D eigenvalue weighted by molar-refractivity contribution is 5.68. The molecule has 80 valence electrons. The Labute approximate surface area is 86.2 Å². The Morgan fingerprint density at radius 1 is 1.50 bits per heavy atom. The number of amides is 1. The van der Waals surface area contributed by atoms with Crippen molar-refractivity contribution in [2.24, 2.45) is 0 Å². The molecule has 0 unspecified atom stereocenters. The van der Waals surface area contributed by atoms with Gasteiger partial charge < -0.3 is 10.1 Å². The van der Waals surface area contributed by atoms with Crippen molar-refractivity contribution in [1.29, 1.82) is 0 Å². The van der Waals surface area contributed by atoms with Gasteiger partial charge in [-0.25, -0.2) is 4.79 Å². The first-order chi connectivity index (χ1) is 6.35. The first kappa shape index (κ1) is 12.8. The highest BCUT2D eigenvalue weighted by Gasteiger charge is 2.16. The van der Waals surface area contributed by atoms with Crippen molar-refractivity contribution in [2.75, 3.05) is 0 Å². The van der Waals surface area contributed by atoms with Crippen molar-refractivity contribution in [1.82, 2.24) is 5.32 Å². The van der Waals surface area contributed by atoms with E-state index in [4.69, 9.17) is 4.74 Å². The van der Waals surface area contributed by atoms with E-state index in [1.165, 1.54) is 0 Å². The predicted octanol–water partition coefficient (Wildman–Crippen LogP) is 2.31. The summed E-state index contributed by atoms with van der Waals surface area (Å²) in [6.07, 6.45) is 0.262. The summed E-state index contributed by atoms with van der Waals surface area (Å²) >= 11 is 0. The van der Waals surface area contributed by atoms with Gasteiger partial charge in [0.05, 0.1) is 0 Å². The summed E-state index contributed by atoms with van der Waals surface area (Å²) in [4.78, 5) is 11.3. The average Bonchev–Trinajstić information content (AvgIpc) is 1.96. The van der Waals surface area contributed by atoms with E-state index in [0.29, 0.717) is 6.42 Å². The maximum Gasteiger partial charge on any atom is 0.407 e. The Kier molecular flexibility index (Phi) is 5.07. The molecule has 3 heteroatoms. The number of carbonyl (C=O) groups excluding carboxylic acids is 1. The molecule has 0 saturated heterocycles. The molecule has 0 rings (SSSR count). The quantitative estimate of drug-likeness (QED) is 0.690. The summed E-state index contributed by atoms with van der Waals surface area (Å²) in [5, 5.41) is 2.71. The van der Waals surface area contributed by atoms with Crippen LogP contribution in [0.25, 0.3) is 0 Å². The van der Waals surface area contributed by atoms with Crippen molar-refractivity contribution in [3.63, 3.8) is 0 Å². The first-order valence-corrected chi connectivity index (χ1v) is 4.74. The molecule has 0 fully saturated rings. The molecule has 14 heavy (non-hydrogen) atoms. The number of nitrogens with one attached hydrogen (secondary N) is 1. The molecular formula is C11H19NO2. The Hall–Kier alpha value is -1.17. The Balaban J connectivity index is 3.87. The molecule has 1 atom stereocenters. The van der Waals surface area contributed by atoms with Crippen molar-refractivity contribution in [3.05, 3.63) is 0 Å². The second-order valence-corrected chi connectivity index (χ2v) is 4.18. The molecular weight excluding hydrogens is 178 g/mol. The molecule has 0 aliphatic rings. The zero-order valence-electron chi connectivity index (χ0n) is 9.60. The molecule has 0 aliphatic carbocycles. The lowest BCUT2D eigenvalue weighted by atomic mass is 10.2. The third-order valence-electron chi connectivity index (χ3n) is 1.35. The molecule has 0 spiro atoms. The standard InChI is InChI=1S/C11H19NO2/c1-6-7-8-9(2)12-10(13)14-11(3,4)5/h9H,8H2,1-5H3,(H,12,13)/t9-/m1/s1. The number of rotatable bonds is 2. The highest BCUT2D eigenvalue weighted by atomic mass is 16.6. The van der Waals surface area contributed by atoms with E-state index in [1.54, 1.807) is 6.92 Å². The lowest BCUT2D eigenvalue weighted by Gasteiger charge is -2.21. The van der Waals surface area contributed by atoms with Crippen LogP contribution < -0.4 is 5.32 Å². The van der Waals surface area contributed by atoms with Gasteiger partial charge in [0.1, 0.15) is 5.60 Å². The summed E-state index contributed by atoms with van der Waals surface area (Å²) in [5.74, 6) is 5.67. The largest absolute Gasteiger partial charge is 0.444 e. The van der Waals surface area contributed by atoms with Gasteiger partial charge in [-0.05, 0) is 34.6 Å². The third kappa shape index (κ3) is 7.48. The SMILES string of the molecule is CC#CC[C@@H](C)NC(=O)OC(C)(C)C. The van der Waals surface area contributed by atoms with Gasteiger partial charge >= 0.3 is 6.09 Å². The third-order valence-corrected chi connectivity index (χ3v) is 1.35. The summed E-state index contributed by atoms with van der Waals surface area (Å²) in [5.41, 5.74) is -0.444. The molecule has 0 heterocycles. The van der Waals surface area contributed by atoms with Gasteiger partial charge in [-0.1, -0.05) is 0 Å². The molecule has 0 aromatic rings. The molecule has 0 aliphatic heterocycles. The maximum atomic E-state index is 11.3. The minimum Gasteiger partial charge on any atom is -0.444 e. The predicted molar refractivity (Wildman–Crippen MR) is 56.9 cm³/mol. The minimum absolute atomic E-state index is 0.0253. The van der Waals surface area contributed by atoms with E-state index in [1.807, 2.05) is 27.7 Å². The van der Waals surface area contributed by atoms with Crippen LogP contribution >= 0.6 is 0 Å². The van der Waals surface area contributed by atoms with E-state index < -0.39 is 5.60 Å². The number of hydrogen-bond acceptors (Lipinski definition) is 2. The Bertz CT molecular complexity index is 242. The van der Waals surface area contributed by atoms with Crippen molar-refractivity contribution in [2.45, 2.75) is 52.7 Å². The minimum atomic E-state index is -0.444. The van der Waals surface area contributed by atoms with Crippen molar-refractivity contribution < 1.29 is 9.53 Å². The lowest BCUT2D eigenvalue weighted by Crippen LogP contribution is -2.37. The Morgan fingerprint density at radius 3 is 2.50 bits per heavy atom. The molecule has 0 radical (unpaired) electrons. The molecule has 1 N–H and O–H groups in total. The summed E-state index contributed by atoms with van der Waals surface area (Å²) in [6.45, 7) is 9.18. The monoisotopic (exact) mass is 197 g/mol. The van der Waals surface area contributed by atoms with Crippen LogP contribution in [0.15, 0.2) is 0 Å². The van der Waals surface area contributed by atoms with Crippen LogP contribution in [0, 0.1) is 11.8 Å². The van der Waals surface area contributed by atoms with Crippen LogP contribution in [0.4, 0.5) is 4.79 Å². The molecule has 0 saturated carbocycles. The number of hydrogen-bond donors (Lipinski definition) is 1. The van der Waals surface area contributed by atoms with E-state index in [9.17, 15) is 4.79 Å². The fourth-order valence-corrected chi connectivity index (χ4v) is 0.815. The maximum absolute atomic E-state index is 11.3. The van der Waals surface area contributed by atoms with Crippen molar-refractivity contribution >= 4 is 6.09 Å². The van der Waals surface area contributed by atoms with Crippen LogP contribution in [0.5, 0.6) is 0 Å². The zero-order chi connectivity index (χ0) is 11.2. The second kappa shape index (κ2) is 5.54. The number of alkyl carbamates (subject to hydrolysis) is 1.